The maximum Gasteiger partial charge on any atom is 0.293 e. The van der Waals surface area contributed by atoms with Gasteiger partial charge < -0.3 is 10.8 Å². The van der Waals surface area contributed by atoms with Crippen molar-refractivity contribution in [2.24, 2.45) is 0 Å². The highest BCUT2D eigenvalue weighted by Gasteiger charge is 2.28. The Hall–Kier alpha value is -1.71. The normalized spacial score (nSPS) is 11.8. The van der Waals surface area contributed by atoms with Gasteiger partial charge in [0.1, 0.15) is 5.69 Å². The van der Waals surface area contributed by atoms with Crippen LogP contribution in [0, 0.1) is 17.0 Å². The van der Waals surface area contributed by atoms with Gasteiger partial charge in [-0.2, -0.15) is 4.31 Å². The quantitative estimate of drug-likeness (QED) is 0.436. The van der Waals surface area contributed by atoms with Crippen molar-refractivity contribution in [2.45, 2.75) is 25.2 Å². The van der Waals surface area contributed by atoms with Crippen LogP contribution in [-0.4, -0.2) is 42.4 Å². The number of sulfonamides is 1. The number of benzene rings is 1. The number of hydrogen-bond acceptors (Lipinski definition) is 6. The third kappa shape index (κ3) is 3.69. The van der Waals surface area contributed by atoms with Gasteiger partial charge in [0.25, 0.3) is 5.69 Å². The van der Waals surface area contributed by atoms with Gasteiger partial charge in [0.2, 0.25) is 10.0 Å². The van der Waals surface area contributed by atoms with Crippen LogP contribution in [0.1, 0.15) is 18.9 Å². The van der Waals surface area contributed by atoms with E-state index in [0.29, 0.717) is 12.0 Å². The first-order valence-corrected chi connectivity index (χ1v) is 7.85. The molecule has 8 nitrogen and oxygen atoms in total. The molecule has 21 heavy (non-hydrogen) atoms. The molecule has 0 saturated carbocycles. The van der Waals surface area contributed by atoms with Crippen molar-refractivity contribution < 1.29 is 18.4 Å². The van der Waals surface area contributed by atoms with Crippen LogP contribution >= 0.6 is 0 Å². The Bertz CT molecular complexity index is 624. The Morgan fingerprint density at radius 2 is 2.00 bits per heavy atom. The lowest BCUT2D eigenvalue weighted by Crippen LogP contribution is -2.34. The molecule has 0 spiro atoms. The van der Waals surface area contributed by atoms with Crippen LogP contribution in [0.25, 0.3) is 0 Å². The van der Waals surface area contributed by atoms with Gasteiger partial charge in [-0.25, -0.2) is 8.42 Å². The molecule has 0 atom stereocenters. The second-order valence-electron chi connectivity index (χ2n) is 4.56. The lowest BCUT2D eigenvalue weighted by atomic mass is 10.2. The van der Waals surface area contributed by atoms with Crippen molar-refractivity contribution >= 4 is 21.4 Å². The minimum atomic E-state index is -3.92. The molecule has 0 aromatic heterocycles. The summed E-state index contributed by atoms with van der Waals surface area (Å²) in [5, 5.41) is 19.9. The van der Waals surface area contributed by atoms with Crippen molar-refractivity contribution in [3.8, 4) is 0 Å². The number of hydrogen-bond donors (Lipinski definition) is 2. The molecule has 0 amide bonds. The highest BCUT2D eigenvalue weighted by atomic mass is 32.2. The second-order valence-corrected chi connectivity index (χ2v) is 6.47. The predicted octanol–water partition coefficient (Wildman–Crippen LogP) is 0.878. The Morgan fingerprint density at radius 1 is 1.38 bits per heavy atom. The molecule has 1 aromatic rings. The van der Waals surface area contributed by atoms with E-state index in [4.69, 9.17) is 10.8 Å². The predicted molar refractivity (Wildman–Crippen MR) is 78.4 cm³/mol. The van der Waals surface area contributed by atoms with Crippen LogP contribution in [0.4, 0.5) is 11.4 Å². The van der Waals surface area contributed by atoms with Gasteiger partial charge in [-0.1, -0.05) is 6.92 Å². The molecule has 0 aliphatic heterocycles. The van der Waals surface area contributed by atoms with Crippen LogP contribution in [0.15, 0.2) is 17.0 Å². The fourth-order valence-electron chi connectivity index (χ4n) is 1.99. The Kier molecular flexibility index (Phi) is 5.64. The fourth-order valence-corrected chi connectivity index (χ4v) is 3.74. The molecular weight excluding hydrogens is 298 g/mol. The van der Waals surface area contributed by atoms with E-state index in [1.807, 2.05) is 0 Å². The topological polar surface area (TPSA) is 127 Å². The van der Waals surface area contributed by atoms with Gasteiger partial charge in [0.15, 0.2) is 0 Å². The molecule has 1 rings (SSSR count). The number of nitrogens with zero attached hydrogens (tertiary/aromatic N) is 2. The summed E-state index contributed by atoms with van der Waals surface area (Å²) in [5.41, 5.74) is 5.34. The van der Waals surface area contributed by atoms with Crippen molar-refractivity contribution in [3.05, 3.63) is 27.8 Å². The number of aliphatic hydroxyl groups is 1. The molecule has 0 aliphatic carbocycles. The van der Waals surface area contributed by atoms with E-state index in [0.717, 1.165) is 10.4 Å². The van der Waals surface area contributed by atoms with Crippen LogP contribution in [0.5, 0.6) is 0 Å². The summed E-state index contributed by atoms with van der Waals surface area (Å²) in [7, 11) is -3.92. The third-order valence-electron chi connectivity index (χ3n) is 2.96. The van der Waals surface area contributed by atoms with E-state index in [1.54, 1.807) is 6.92 Å². The van der Waals surface area contributed by atoms with Crippen LogP contribution in [0.3, 0.4) is 0 Å². The number of nitro groups is 1. The average Bonchev–Trinajstić information content (AvgIpc) is 2.37. The molecule has 1 aromatic carbocycles. The minimum Gasteiger partial charge on any atom is -0.395 e. The van der Waals surface area contributed by atoms with E-state index < -0.39 is 20.6 Å². The number of nitrogens with two attached hydrogens (primary N) is 1. The summed E-state index contributed by atoms with van der Waals surface area (Å²) in [5.74, 6) is 0. The average molecular weight is 317 g/mol. The van der Waals surface area contributed by atoms with E-state index in [2.05, 4.69) is 0 Å². The number of anilines is 1. The van der Waals surface area contributed by atoms with Crippen LogP contribution in [-0.2, 0) is 10.0 Å². The molecule has 0 unspecified atom stereocenters. The number of rotatable bonds is 7. The molecular formula is C12H19N3O5S. The summed E-state index contributed by atoms with van der Waals surface area (Å²) in [6.07, 6.45) is 0.565. The van der Waals surface area contributed by atoms with Crippen LogP contribution in [0.2, 0.25) is 0 Å². The summed E-state index contributed by atoms with van der Waals surface area (Å²) in [6, 6.07) is 2.24. The first-order valence-electron chi connectivity index (χ1n) is 6.41. The SMILES string of the molecule is CCCN(CCO)S(=O)(=O)c1cc([N+](=O)[O-])c(N)cc1C. The van der Waals surface area contributed by atoms with Crippen molar-refractivity contribution in [2.75, 3.05) is 25.4 Å². The smallest absolute Gasteiger partial charge is 0.293 e. The summed E-state index contributed by atoms with van der Waals surface area (Å²) >= 11 is 0. The molecule has 0 bridgehead atoms. The van der Waals surface area contributed by atoms with Crippen LogP contribution < -0.4 is 5.73 Å². The van der Waals surface area contributed by atoms with Crippen molar-refractivity contribution in [3.63, 3.8) is 0 Å². The minimum absolute atomic E-state index is 0.0617. The third-order valence-corrected chi connectivity index (χ3v) is 5.00. The molecule has 0 saturated heterocycles. The fraction of sp³-hybridized carbons (Fsp3) is 0.500. The van der Waals surface area contributed by atoms with Gasteiger partial charge in [-0.05, 0) is 25.0 Å². The number of nitro benzene ring substituents is 1. The first kappa shape index (κ1) is 17.3. The molecule has 9 heteroatoms. The zero-order chi connectivity index (χ0) is 16.2. The van der Waals surface area contributed by atoms with Gasteiger partial charge in [-0.3, -0.25) is 10.1 Å². The first-order chi connectivity index (χ1) is 9.75. The van der Waals surface area contributed by atoms with E-state index in [-0.39, 0.29) is 30.3 Å². The number of aliphatic hydroxyl groups excluding tert-OH is 1. The monoisotopic (exact) mass is 317 g/mol. The molecule has 3 N–H and O–H groups in total. The Balaban J connectivity index is 3.42. The van der Waals surface area contributed by atoms with Gasteiger partial charge in [0, 0.05) is 19.2 Å². The molecule has 0 radical (unpaired) electrons. The lowest BCUT2D eigenvalue weighted by molar-refractivity contribution is -0.384. The zero-order valence-electron chi connectivity index (χ0n) is 11.9. The largest absolute Gasteiger partial charge is 0.395 e. The molecule has 118 valence electrons. The maximum absolute atomic E-state index is 12.6. The second kappa shape index (κ2) is 6.83. The van der Waals surface area contributed by atoms with Crippen molar-refractivity contribution in [1.29, 1.82) is 0 Å². The highest BCUT2D eigenvalue weighted by Crippen LogP contribution is 2.30. The lowest BCUT2D eigenvalue weighted by Gasteiger charge is -2.21. The molecule has 0 aliphatic rings. The maximum atomic E-state index is 12.6. The Labute approximate surface area is 123 Å². The van der Waals surface area contributed by atoms with Crippen molar-refractivity contribution in [1.82, 2.24) is 4.31 Å². The number of nitrogen functional groups attached to an aromatic ring is 1. The van der Waals surface area contributed by atoms with E-state index >= 15 is 0 Å². The van der Waals surface area contributed by atoms with Gasteiger partial charge in [0.05, 0.1) is 16.4 Å². The van der Waals surface area contributed by atoms with E-state index in [9.17, 15) is 18.5 Å². The molecule has 0 fully saturated rings. The van der Waals surface area contributed by atoms with Gasteiger partial charge >= 0.3 is 0 Å². The summed E-state index contributed by atoms with van der Waals surface area (Å²) in [4.78, 5) is 10.0. The molecule has 0 heterocycles. The van der Waals surface area contributed by atoms with Gasteiger partial charge in [-0.15, -0.1) is 0 Å². The summed E-state index contributed by atoms with van der Waals surface area (Å²) < 4.78 is 26.2. The number of aryl methyl sites for hydroxylation is 1. The van der Waals surface area contributed by atoms with E-state index in [1.165, 1.54) is 13.0 Å². The summed E-state index contributed by atoms with van der Waals surface area (Å²) in [6.45, 7) is 3.16. The standard InChI is InChI=1S/C12H19N3O5S/c1-3-4-14(5-6-16)21(19,20)12-8-11(15(17)18)10(13)7-9(12)2/h7-8,16H,3-6,13H2,1-2H3. The highest BCUT2D eigenvalue weighted by molar-refractivity contribution is 7.89. The Morgan fingerprint density at radius 3 is 2.48 bits per heavy atom. The zero-order valence-corrected chi connectivity index (χ0v) is 12.8.